The molecular weight excluding hydrogens is 316 g/mol. The Morgan fingerprint density at radius 1 is 1.24 bits per heavy atom. The maximum absolute atomic E-state index is 12.7. The number of aryl methyl sites for hydroxylation is 3. The molecule has 0 bridgehead atoms. The highest BCUT2D eigenvalue weighted by Gasteiger charge is 2.19. The summed E-state index contributed by atoms with van der Waals surface area (Å²) in [4.78, 5) is 17.2. The first kappa shape index (κ1) is 17.0. The SMILES string of the molecule is COc1ccccc1CCNC(=O)c1c(C)nn2c(C)cc(C)nc12. The number of fused-ring (bicyclic) bond motifs is 1. The molecule has 0 aliphatic rings. The number of carbonyl (C=O) groups excluding carboxylic acids is 1. The molecule has 1 amide bonds. The predicted octanol–water partition coefficient (Wildman–Crippen LogP) is 2.64. The third-order valence-electron chi connectivity index (χ3n) is 4.17. The molecule has 6 heteroatoms. The molecular formula is C19H22N4O2. The minimum atomic E-state index is -0.153. The van der Waals surface area contributed by atoms with Crippen LogP contribution in [0.1, 0.15) is 33.0 Å². The van der Waals surface area contributed by atoms with Crippen LogP contribution in [0.5, 0.6) is 5.75 Å². The molecule has 0 atom stereocenters. The second kappa shape index (κ2) is 6.93. The maximum atomic E-state index is 12.7. The molecule has 0 spiro atoms. The summed E-state index contributed by atoms with van der Waals surface area (Å²) < 4.78 is 7.06. The third-order valence-corrected chi connectivity index (χ3v) is 4.17. The molecule has 1 N–H and O–H groups in total. The quantitative estimate of drug-likeness (QED) is 0.776. The number of methoxy groups -OCH3 is 1. The largest absolute Gasteiger partial charge is 0.496 e. The fourth-order valence-corrected chi connectivity index (χ4v) is 3.00. The summed E-state index contributed by atoms with van der Waals surface area (Å²) in [5, 5.41) is 7.41. The zero-order chi connectivity index (χ0) is 18.0. The molecule has 2 aromatic heterocycles. The van der Waals surface area contributed by atoms with Gasteiger partial charge in [-0.15, -0.1) is 0 Å². The normalized spacial score (nSPS) is 10.9. The molecule has 6 nitrogen and oxygen atoms in total. The highest BCUT2D eigenvalue weighted by Crippen LogP contribution is 2.18. The molecule has 130 valence electrons. The van der Waals surface area contributed by atoms with Gasteiger partial charge in [0.2, 0.25) is 0 Å². The van der Waals surface area contributed by atoms with E-state index in [9.17, 15) is 4.79 Å². The van der Waals surface area contributed by atoms with Crippen molar-refractivity contribution in [1.82, 2.24) is 19.9 Å². The molecule has 0 saturated carbocycles. The summed E-state index contributed by atoms with van der Waals surface area (Å²) in [7, 11) is 1.65. The summed E-state index contributed by atoms with van der Waals surface area (Å²) in [6.45, 7) is 6.22. The van der Waals surface area contributed by atoms with Crippen LogP contribution in [0, 0.1) is 20.8 Å². The van der Waals surface area contributed by atoms with Crippen molar-refractivity contribution in [2.24, 2.45) is 0 Å². The second-order valence-corrected chi connectivity index (χ2v) is 6.05. The van der Waals surface area contributed by atoms with Crippen LogP contribution in [0.3, 0.4) is 0 Å². The Kier molecular flexibility index (Phi) is 4.70. The van der Waals surface area contributed by atoms with Crippen molar-refractivity contribution in [2.45, 2.75) is 27.2 Å². The van der Waals surface area contributed by atoms with E-state index in [-0.39, 0.29) is 5.91 Å². The Bertz CT molecular complexity index is 931. The van der Waals surface area contributed by atoms with E-state index in [0.29, 0.717) is 29.9 Å². The van der Waals surface area contributed by atoms with E-state index in [4.69, 9.17) is 4.74 Å². The zero-order valence-electron chi connectivity index (χ0n) is 15.0. The number of rotatable bonds is 5. The number of ether oxygens (including phenoxy) is 1. The fourth-order valence-electron chi connectivity index (χ4n) is 3.00. The number of carbonyl (C=O) groups is 1. The summed E-state index contributed by atoms with van der Waals surface area (Å²) >= 11 is 0. The van der Waals surface area contributed by atoms with Gasteiger partial charge in [0.25, 0.3) is 5.91 Å². The third kappa shape index (κ3) is 3.33. The Hall–Kier alpha value is -2.89. The van der Waals surface area contributed by atoms with Gasteiger partial charge in [-0.05, 0) is 44.9 Å². The van der Waals surface area contributed by atoms with Crippen molar-refractivity contribution in [3.63, 3.8) is 0 Å². The lowest BCUT2D eigenvalue weighted by atomic mass is 10.1. The summed E-state index contributed by atoms with van der Waals surface area (Å²) in [5.74, 6) is 0.678. The number of nitrogens with zero attached hydrogens (tertiary/aromatic N) is 3. The lowest BCUT2D eigenvalue weighted by molar-refractivity contribution is 0.0955. The summed E-state index contributed by atoms with van der Waals surface area (Å²) in [6.07, 6.45) is 0.694. The van der Waals surface area contributed by atoms with Crippen molar-refractivity contribution in [3.05, 3.63) is 58.5 Å². The van der Waals surface area contributed by atoms with Gasteiger partial charge in [-0.1, -0.05) is 18.2 Å². The number of amides is 1. The van der Waals surface area contributed by atoms with E-state index in [1.807, 2.05) is 51.1 Å². The summed E-state index contributed by atoms with van der Waals surface area (Å²) in [5.41, 5.74) is 4.70. The average Bonchev–Trinajstić information content (AvgIpc) is 2.91. The topological polar surface area (TPSA) is 68.5 Å². The minimum absolute atomic E-state index is 0.153. The molecule has 0 aliphatic heterocycles. The Morgan fingerprint density at radius 3 is 2.76 bits per heavy atom. The van der Waals surface area contributed by atoms with Gasteiger partial charge >= 0.3 is 0 Å². The van der Waals surface area contributed by atoms with Crippen molar-refractivity contribution in [3.8, 4) is 5.75 Å². The number of nitrogens with one attached hydrogen (secondary N) is 1. The van der Waals surface area contributed by atoms with Gasteiger partial charge < -0.3 is 10.1 Å². The molecule has 3 aromatic rings. The highest BCUT2D eigenvalue weighted by molar-refractivity contribution is 6.01. The van der Waals surface area contributed by atoms with Crippen LogP contribution >= 0.6 is 0 Å². The van der Waals surface area contributed by atoms with Crippen molar-refractivity contribution < 1.29 is 9.53 Å². The zero-order valence-corrected chi connectivity index (χ0v) is 15.0. The lowest BCUT2D eigenvalue weighted by Crippen LogP contribution is -2.26. The first-order valence-electron chi connectivity index (χ1n) is 8.25. The predicted molar refractivity (Wildman–Crippen MR) is 96.2 cm³/mol. The van der Waals surface area contributed by atoms with Crippen LogP contribution in [-0.4, -0.2) is 34.2 Å². The Balaban J connectivity index is 1.78. The highest BCUT2D eigenvalue weighted by atomic mass is 16.5. The van der Waals surface area contributed by atoms with E-state index >= 15 is 0 Å². The fraction of sp³-hybridized carbons (Fsp3) is 0.316. The molecule has 0 radical (unpaired) electrons. The van der Waals surface area contributed by atoms with Gasteiger partial charge in [0.1, 0.15) is 11.3 Å². The van der Waals surface area contributed by atoms with Crippen LogP contribution in [0.15, 0.2) is 30.3 Å². The van der Waals surface area contributed by atoms with Crippen LogP contribution in [-0.2, 0) is 6.42 Å². The van der Waals surface area contributed by atoms with Crippen LogP contribution < -0.4 is 10.1 Å². The molecule has 0 aliphatic carbocycles. The summed E-state index contributed by atoms with van der Waals surface area (Å²) in [6, 6.07) is 9.76. The smallest absolute Gasteiger partial charge is 0.257 e. The van der Waals surface area contributed by atoms with Crippen LogP contribution in [0.2, 0.25) is 0 Å². The standard InChI is InChI=1S/C19H22N4O2/c1-12-11-13(2)23-18(21-12)17(14(3)22-23)19(24)20-10-9-15-7-5-6-8-16(15)25-4/h5-8,11H,9-10H2,1-4H3,(H,20,24). The molecule has 1 aromatic carbocycles. The van der Waals surface area contributed by atoms with E-state index < -0.39 is 0 Å². The monoisotopic (exact) mass is 338 g/mol. The number of aromatic nitrogens is 3. The van der Waals surface area contributed by atoms with Gasteiger partial charge in [-0.3, -0.25) is 4.79 Å². The molecule has 0 unspecified atom stereocenters. The lowest BCUT2D eigenvalue weighted by Gasteiger charge is -2.09. The molecule has 0 fully saturated rings. The van der Waals surface area contributed by atoms with Gasteiger partial charge in [0.15, 0.2) is 5.65 Å². The number of hydrogen-bond donors (Lipinski definition) is 1. The van der Waals surface area contributed by atoms with Crippen molar-refractivity contribution in [2.75, 3.05) is 13.7 Å². The molecule has 0 saturated heterocycles. The van der Waals surface area contributed by atoms with Gasteiger partial charge in [-0.2, -0.15) is 5.10 Å². The second-order valence-electron chi connectivity index (χ2n) is 6.05. The van der Waals surface area contributed by atoms with Crippen molar-refractivity contribution in [1.29, 1.82) is 0 Å². The van der Waals surface area contributed by atoms with Gasteiger partial charge in [0.05, 0.1) is 12.8 Å². The van der Waals surface area contributed by atoms with Crippen LogP contribution in [0.4, 0.5) is 0 Å². The van der Waals surface area contributed by atoms with E-state index in [1.165, 1.54) is 0 Å². The maximum Gasteiger partial charge on any atom is 0.257 e. The van der Waals surface area contributed by atoms with E-state index in [1.54, 1.807) is 11.6 Å². The number of para-hydroxylation sites is 1. The van der Waals surface area contributed by atoms with Crippen LogP contribution in [0.25, 0.3) is 5.65 Å². The van der Waals surface area contributed by atoms with Gasteiger partial charge in [0, 0.05) is 17.9 Å². The molecule has 2 heterocycles. The number of benzene rings is 1. The Morgan fingerprint density at radius 2 is 2.00 bits per heavy atom. The van der Waals surface area contributed by atoms with E-state index in [2.05, 4.69) is 15.4 Å². The Labute approximate surface area is 146 Å². The molecule has 3 rings (SSSR count). The van der Waals surface area contributed by atoms with Crippen molar-refractivity contribution >= 4 is 11.6 Å². The molecule has 25 heavy (non-hydrogen) atoms. The number of hydrogen-bond acceptors (Lipinski definition) is 4. The first-order valence-corrected chi connectivity index (χ1v) is 8.25. The van der Waals surface area contributed by atoms with Gasteiger partial charge in [-0.25, -0.2) is 9.50 Å². The average molecular weight is 338 g/mol. The first-order chi connectivity index (χ1) is 12.0. The van der Waals surface area contributed by atoms with E-state index in [0.717, 1.165) is 22.7 Å². The minimum Gasteiger partial charge on any atom is -0.496 e.